The fourth-order valence-electron chi connectivity index (χ4n) is 2.09. The van der Waals surface area contributed by atoms with Gasteiger partial charge >= 0.3 is 0 Å². The molecular weight excluding hydrogens is 174 g/mol. The van der Waals surface area contributed by atoms with Crippen molar-refractivity contribution >= 4 is 0 Å². The van der Waals surface area contributed by atoms with Crippen LogP contribution in [-0.4, -0.2) is 37.3 Å². The van der Waals surface area contributed by atoms with Crippen molar-refractivity contribution in [3.63, 3.8) is 0 Å². The van der Waals surface area contributed by atoms with E-state index in [0.29, 0.717) is 0 Å². The molecule has 0 radical (unpaired) electrons. The smallest absolute Gasteiger partial charge is 0.136 e. The summed E-state index contributed by atoms with van der Waals surface area (Å²) in [6.07, 6.45) is 4.05. The maximum absolute atomic E-state index is 5.23. The summed E-state index contributed by atoms with van der Waals surface area (Å²) in [7, 11) is 0. The average Bonchev–Trinajstić information content (AvgIpc) is 2.19. The van der Waals surface area contributed by atoms with E-state index in [1.54, 1.807) is 6.26 Å². The summed E-state index contributed by atoms with van der Waals surface area (Å²) in [6.45, 7) is 16.0. The predicted octanol–water partition coefficient (Wildman–Crippen LogP) is 2.80. The minimum Gasteiger partial charge on any atom is -0.496 e. The number of hydrogen-bond donors (Lipinski definition) is 0. The second-order valence-electron chi connectivity index (χ2n) is 3.87. The molecule has 14 heavy (non-hydrogen) atoms. The molecular formula is C12H26NO+. The van der Waals surface area contributed by atoms with Crippen LogP contribution in [0.25, 0.3) is 0 Å². The zero-order valence-electron chi connectivity index (χ0n) is 10.1. The van der Waals surface area contributed by atoms with Crippen LogP contribution in [0.5, 0.6) is 0 Å². The zero-order chi connectivity index (χ0) is 10.9. The second kappa shape index (κ2) is 7.86. The van der Waals surface area contributed by atoms with Crippen LogP contribution in [0, 0.1) is 0 Å². The van der Waals surface area contributed by atoms with Crippen molar-refractivity contribution in [2.45, 2.75) is 33.6 Å². The quantitative estimate of drug-likeness (QED) is 0.316. The summed E-state index contributed by atoms with van der Waals surface area (Å²) in [4.78, 5) is 0. The summed E-state index contributed by atoms with van der Waals surface area (Å²) >= 11 is 0. The lowest BCUT2D eigenvalue weighted by atomic mass is 10.2. The van der Waals surface area contributed by atoms with Crippen LogP contribution in [0.4, 0.5) is 0 Å². The molecule has 0 spiro atoms. The van der Waals surface area contributed by atoms with Crippen LogP contribution in [0.3, 0.4) is 0 Å². The maximum Gasteiger partial charge on any atom is 0.136 e. The van der Waals surface area contributed by atoms with Gasteiger partial charge in [0.15, 0.2) is 0 Å². The Morgan fingerprint density at radius 3 is 2.00 bits per heavy atom. The minimum absolute atomic E-state index is 0.803. The average molecular weight is 200 g/mol. The Balaban J connectivity index is 4.09. The van der Waals surface area contributed by atoms with E-state index in [-0.39, 0.29) is 0 Å². The van der Waals surface area contributed by atoms with Gasteiger partial charge in [0.25, 0.3) is 0 Å². The third kappa shape index (κ3) is 4.66. The lowest BCUT2D eigenvalue weighted by Gasteiger charge is -2.37. The van der Waals surface area contributed by atoms with Gasteiger partial charge in [-0.15, -0.1) is 0 Å². The van der Waals surface area contributed by atoms with Gasteiger partial charge in [0, 0.05) is 0 Å². The molecule has 0 aliphatic heterocycles. The zero-order valence-corrected chi connectivity index (χ0v) is 10.1. The highest BCUT2D eigenvalue weighted by atomic mass is 16.5. The number of quaternary nitrogens is 1. The molecule has 0 amide bonds. The first-order valence-electron chi connectivity index (χ1n) is 5.82. The van der Waals surface area contributed by atoms with E-state index in [1.807, 2.05) is 0 Å². The molecule has 84 valence electrons. The second-order valence-corrected chi connectivity index (χ2v) is 3.87. The Hall–Kier alpha value is -0.500. The molecule has 0 atom stereocenters. The SMILES string of the molecule is C=COCC[N+](CC)(CCC)CCC. The van der Waals surface area contributed by atoms with E-state index in [1.165, 1.54) is 37.0 Å². The number of ether oxygens (including phenoxy) is 1. The van der Waals surface area contributed by atoms with Gasteiger partial charge in [0.05, 0.1) is 25.9 Å². The summed E-state index contributed by atoms with van der Waals surface area (Å²) in [5.74, 6) is 0. The topological polar surface area (TPSA) is 9.23 Å². The molecule has 0 saturated heterocycles. The van der Waals surface area contributed by atoms with Crippen LogP contribution in [-0.2, 0) is 4.74 Å². The molecule has 0 heterocycles. The highest BCUT2D eigenvalue weighted by Crippen LogP contribution is 2.09. The third-order valence-corrected chi connectivity index (χ3v) is 2.87. The Labute approximate surface area is 89.1 Å². The van der Waals surface area contributed by atoms with E-state index in [2.05, 4.69) is 27.4 Å². The predicted molar refractivity (Wildman–Crippen MR) is 62.1 cm³/mol. The molecule has 0 aliphatic rings. The van der Waals surface area contributed by atoms with E-state index in [4.69, 9.17) is 4.74 Å². The molecule has 0 aromatic rings. The largest absolute Gasteiger partial charge is 0.496 e. The van der Waals surface area contributed by atoms with Crippen molar-refractivity contribution in [3.05, 3.63) is 12.8 Å². The molecule has 0 N–H and O–H groups in total. The molecule has 0 aromatic carbocycles. The van der Waals surface area contributed by atoms with E-state index in [0.717, 1.165) is 13.2 Å². The van der Waals surface area contributed by atoms with Crippen LogP contribution in [0.1, 0.15) is 33.6 Å². The normalized spacial score (nSPS) is 11.4. The molecule has 0 saturated carbocycles. The van der Waals surface area contributed by atoms with Crippen LogP contribution in [0.15, 0.2) is 12.8 Å². The first kappa shape index (κ1) is 13.5. The monoisotopic (exact) mass is 200 g/mol. The van der Waals surface area contributed by atoms with E-state index in [9.17, 15) is 0 Å². The standard InChI is InChI=1S/C12H26NO/c1-5-9-13(7-3,10-6-2)11-12-14-8-4/h8H,4-7,9-12H2,1-3H3/q+1. The van der Waals surface area contributed by atoms with Gasteiger partial charge in [-0.25, -0.2) is 0 Å². The third-order valence-electron chi connectivity index (χ3n) is 2.87. The first-order valence-corrected chi connectivity index (χ1v) is 5.82. The molecule has 2 heteroatoms. The van der Waals surface area contributed by atoms with E-state index < -0.39 is 0 Å². The van der Waals surface area contributed by atoms with Crippen molar-refractivity contribution in [1.29, 1.82) is 0 Å². The summed E-state index contributed by atoms with van der Waals surface area (Å²) in [5, 5.41) is 0. The molecule has 0 aliphatic carbocycles. The fraction of sp³-hybridized carbons (Fsp3) is 0.833. The maximum atomic E-state index is 5.23. The lowest BCUT2D eigenvalue weighted by molar-refractivity contribution is -0.926. The summed E-state index contributed by atoms with van der Waals surface area (Å²) in [6, 6.07) is 0. The van der Waals surface area contributed by atoms with E-state index >= 15 is 0 Å². The summed E-state index contributed by atoms with van der Waals surface area (Å²) < 4.78 is 6.43. The fourth-order valence-corrected chi connectivity index (χ4v) is 2.09. The highest BCUT2D eigenvalue weighted by molar-refractivity contribution is 4.50. The van der Waals surface area contributed by atoms with Crippen molar-refractivity contribution < 1.29 is 9.22 Å². The Morgan fingerprint density at radius 1 is 1.07 bits per heavy atom. The first-order chi connectivity index (χ1) is 6.74. The van der Waals surface area contributed by atoms with Crippen molar-refractivity contribution in [3.8, 4) is 0 Å². The van der Waals surface area contributed by atoms with Gasteiger partial charge in [-0.2, -0.15) is 0 Å². The molecule has 0 fully saturated rings. The van der Waals surface area contributed by atoms with Gasteiger partial charge in [0.2, 0.25) is 0 Å². The molecule has 0 aromatic heterocycles. The van der Waals surface area contributed by atoms with Gasteiger partial charge < -0.3 is 9.22 Å². The Morgan fingerprint density at radius 2 is 1.64 bits per heavy atom. The molecule has 0 rings (SSSR count). The number of hydrogen-bond acceptors (Lipinski definition) is 1. The number of likely N-dealkylation sites (N-methyl/N-ethyl adjacent to an activating group) is 1. The van der Waals surface area contributed by atoms with Crippen LogP contribution < -0.4 is 0 Å². The van der Waals surface area contributed by atoms with Gasteiger partial charge in [-0.1, -0.05) is 20.4 Å². The van der Waals surface area contributed by atoms with Crippen molar-refractivity contribution in [2.75, 3.05) is 32.8 Å². The van der Waals surface area contributed by atoms with Crippen molar-refractivity contribution in [1.82, 2.24) is 0 Å². The molecule has 0 bridgehead atoms. The molecule has 2 nitrogen and oxygen atoms in total. The van der Waals surface area contributed by atoms with Crippen molar-refractivity contribution in [2.24, 2.45) is 0 Å². The molecule has 0 unspecified atom stereocenters. The Bertz CT molecular complexity index is 139. The number of nitrogens with zero attached hydrogens (tertiary/aromatic N) is 1. The van der Waals surface area contributed by atoms with Gasteiger partial charge in [-0.3, -0.25) is 0 Å². The Kier molecular flexibility index (Phi) is 7.58. The van der Waals surface area contributed by atoms with Crippen LogP contribution >= 0.6 is 0 Å². The number of rotatable bonds is 9. The lowest BCUT2D eigenvalue weighted by Crippen LogP contribution is -2.50. The summed E-state index contributed by atoms with van der Waals surface area (Å²) in [5.41, 5.74) is 0. The minimum atomic E-state index is 0.803. The van der Waals surface area contributed by atoms with Crippen LogP contribution in [0.2, 0.25) is 0 Å². The van der Waals surface area contributed by atoms with Gasteiger partial charge in [0.1, 0.15) is 13.2 Å². The van der Waals surface area contributed by atoms with Gasteiger partial charge in [-0.05, 0) is 19.8 Å². The highest BCUT2D eigenvalue weighted by Gasteiger charge is 2.22.